The van der Waals surface area contributed by atoms with Crippen LogP contribution in [0, 0.1) is 28.6 Å². The molecule has 5 aliphatic rings. The lowest BCUT2D eigenvalue weighted by atomic mass is 9.45. The van der Waals surface area contributed by atoms with Gasteiger partial charge in [0.1, 0.15) is 12.7 Å². The molecule has 0 bridgehead atoms. The first kappa shape index (κ1) is 20.1. The first-order valence-corrected chi connectivity index (χ1v) is 10.8. The summed E-state index contributed by atoms with van der Waals surface area (Å²) in [6, 6.07) is 0. The van der Waals surface area contributed by atoms with Gasteiger partial charge >= 0.3 is 0 Å². The van der Waals surface area contributed by atoms with Crippen molar-refractivity contribution in [2.75, 3.05) is 6.61 Å². The van der Waals surface area contributed by atoms with Gasteiger partial charge in [0, 0.05) is 23.7 Å². The Balaban J connectivity index is 1.64. The summed E-state index contributed by atoms with van der Waals surface area (Å²) in [4.78, 5) is 29.7. The van der Waals surface area contributed by atoms with Gasteiger partial charge in [0.05, 0.1) is 12.2 Å². The number of carbonyl (C=O) groups is 2. The number of fused-ring (bicyclic) bond motifs is 7. The second-order valence-electron chi connectivity index (χ2n) is 10.2. The number of ether oxygens (including phenoxy) is 1. The third-order valence-corrected chi connectivity index (χ3v) is 8.93. The van der Waals surface area contributed by atoms with Gasteiger partial charge in [0.2, 0.25) is 0 Å². The summed E-state index contributed by atoms with van der Waals surface area (Å²) in [5.74, 6) is -0.715. The quantitative estimate of drug-likeness (QED) is 0.619. The molecule has 162 valence electrons. The van der Waals surface area contributed by atoms with E-state index in [0.29, 0.717) is 25.2 Å². The van der Waals surface area contributed by atoms with Gasteiger partial charge in [-0.25, -0.2) is 4.99 Å². The predicted molar refractivity (Wildman–Crippen MR) is 108 cm³/mol. The van der Waals surface area contributed by atoms with Crippen LogP contribution in [0.3, 0.4) is 0 Å². The normalized spacial score (nSPS) is 51.2. The minimum Gasteiger partial charge on any atom is -0.475 e. The van der Waals surface area contributed by atoms with Crippen LogP contribution >= 0.6 is 0 Å². The van der Waals surface area contributed by atoms with Crippen LogP contribution in [0.2, 0.25) is 0 Å². The van der Waals surface area contributed by atoms with Crippen molar-refractivity contribution in [2.24, 2.45) is 33.6 Å². The number of rotatable bonds is 2. The Bertz CT molecular complexity index is 923. The molecule has 0 spiro atoms. The van der Waals surface area contributed by atoms with Crippen LogP contribution in [-0.4, -0.2) is 63.2 Å². The van der Waals surface area contributed by atoms with Crippen LogP contribution in [-0.2, 0) is 14.3 Å². The van der Waals surface area contributed by atoms with Gasteiger partial charge in [0.15, 0.2) is 23.0 Å². The number of carbonyl (C=O) groups excluding carboxylic acids is 2. The number of hydrogen-bond donors (Lipinski definition) is 3. The number of ketones is 2. The molecular formula is C23H29NO6. The van der Waals surface area contributed by atoms with E-state index in [1.165, 1.54) is 0 Å². The smallest absolute Gasteiger partial charge is 0.190 e. The molecule has 4 aliphatic carbocycles. The predicted octanol–water partition coefficient (Wildman–Crippen LogP) is 0.963. The van der Waals surface area contributed by atoms with E-state index in [1.807, 2.05) is 19.9 Å². The summed E-state index contributed by atoms with van der Waals surface area (Å²) in [7, 11) is 0. The van der Waals surface area contributed by atoms with Gasteiger partial charge in [-0.1, -0.05) is 25.5 Å². The molecule has 30 heavy (non-hydrogen) atoms. The summed E-state index contributed by atoms with van der Waals surface area (Å²) in [5.41, 5.74) is -1.65. The lowest BCUT2D eigenvalue weighted by molar-refractivity contribution is -0.162. The average Bonchev–Trinajstić information content (AvgIpc) is 3.13. The highest BCUT2D eigenvalue weighted by atomic mass is 16.5. The van der Waals surface area contributed by atoms with E-state index in [9.17, 15) is 24.9 Å². The molecule has 0 saturated heterocycles. The van der Waals surface area contributed by atoms with E-state index in [-0.39, 0.29) is 29.3 Å². The zero-order valence-electron chi connectivity index (χ0n) is 17.5. The lowest BCUT2D eigenvalue weighted by Crippen LogP contribution is -2.64. The third kappa shape index (κ3) is 2.18. The van der Waals surface area contributed by atoms with E-state index < -0.39 is 41.3 Å². The maximum Gasteiger partial charge on any atom is 0.190 e. The largest absolute Gasteiger partial charge is 0.475 e. The molecule has 0 aromatic carbocycles. The van der Waals surface area contributed by atoms with Crippen LogP contribution in [0.25, 0.3) is 0 Å². The summed E-state index contributed by atoms with van der Waals surface area (Å²) < 4.78 is 5.95. The Labute approximate surface area is 175 Å². The highest BCUT2D eigenvalue weighted by molar-refractivity contribution is 6.01. The molecular weight excluding hydrogens is 386 g/mol. The molecule has 0 unspecified atom stereocenters. The first-order valence-electron chi connectivity index (χ1n) is 10.8. The van der Waals surface area contributed by atoms with E-state index >= 15 is 0 Å². The molecule has 1 aliphatic heterocycles. The standard InChI is InChI=1S/C23H29NO6/c1-11-24-23(17(29)10-25)18(30-11)8-14-19-15(27)7-12-6-13(26)4-5-21(12,2)20(19)16(28)9-22(14,23)3/h4-6,14-16,18-20,25,27-28H,7-10H2,1-3H3/t14-,15-,16-,18+,19+,20-,21-,22-,23+/m0/s1. The van der Waals surface area contributed by atoms with E-state index in [1.54, 1.807) is 19.1 Å². The zero-order chi connectivity index (χ0) is 21.6. The summed E-state index contributed by atoms with van der Waals surface area (Å²) in [5, 5.41) is 32.4. The van der Waals surface area contributed by atoms with Gasteiger partial charge in [-0.15, -0.1) is 0 Å². The third-order valence-electron chi connectivity index (χ3n) is 8.93. The summed E-state index contributed by atoms with van der Waals surface area (Å²) in [6.45, 7) is 5.06. The molecule has 7 nitrogen and oxygen atoms in total. The monoisotopic (exact) mass is 415 g/mol. The number of Topliss-reactive ketones (excluding diaryl/α,β-unsaturated/α-hetero) is 1. The second-order valence-corrected chi connectivity index (χ2v) is 10.2. The molecule has 1 heterocycles. The molecule has 9 atom stereocenters. The van der Waals surface area contributed by atoms with Crippen LogP contribution in [0.4, 0.5) is 0 Å². The van der Waals surface area contributed by atoms with E-state index in [2.05, 4.69) is 4.99 Å². The molecule has 3 saturated carbocycles. The van der Waals surface area contributed by atoms with Gasteiger partial charge in [-0.3, -0.25) is 9.59 Å². The van der Waals surface area contributed by atoms with Crippen LogP contribution < -0.4 is 0 Å². The van der Waals surface area contributed by atoms with Crippen LogP contribution in [0.15, 0.2) is 28.8 Å². The number of aliphatic imine (C=N–C) groups is 1. The number of hydrogen-bond acceptors (Lipinski definition) is 7. The van der Waals surface area contributed by atoms with Gasteiger partial charge in [-0.05, 0) is 43.3 Å². The fourth-order valence-electron chi connectivity index (χ4n) is 7.77. The first-order chi connectivity index (χ1) is 14.1. The summed E-state index contributed by atoms with van der Waals surface area (Å²) in [6.07, 6.45) is 4.20. The maximum absolute atomic E-state index is 13.1. The van der Waals surface area contributed by atoms with Crippen LogP contribution in [0.1, 0.15) is 40.0 Å². The van der Waals surface area contributed by atoms with Crippen molar-refractivity contribution in [1.29, 1.82) is 0 Å². The van der Waals surface area contributed by atoms with Crippen molar-refractivity contribution in [3.63, 3.8) is 0 Å². The fourth-order valence-corrected chi connectivity index (χ4v) is 7.77. The van der Waals surface area contributed by atoms with Crippen molar-refractivity contribution >= 4 is 17.5 Å². The van der Waals surface area contributed by atoms with E-state index in [4.69, 9.17) is 4.74 Å². The molecule has 0 aromatic heterocycles. The van der Waals surface area contributed by atoms with Crippen molar-refractivity contribution in [1.82, 2.24) is 0 Å². The minimum absolute atomic E-state index is 0.0932. The van der Waals surface area contributed by atoms with E-state index in [0.717, 1.165) is 5.57 Å². The molecule has 0 radical (unpaired) electrons. The second kappa shape index (κ2) is 6.11. The Morgan fingerprint density at radius 3 is 2.73 bits per heavy atom. The maximum atomic E-state index is 13.1. The number of aliphatic hydroxyl groups excluding tert-OH is 3. The molecule has 0 aromatic rings. The fraction of sp³-hybridized carbons (Fsp3) is 0.696. The highest BCUT2D eigenvalue weighted by Gasteiger charge is 2.75. The number of allylic oxidation sites excluding steroid dienone is 3. The molecule has 3 fully saturated rings. The minimum atomic E-state index is -1.24. The van der Waals surface area contributed by atoms with Crippen molar-refractivity contribution < 1.29 is 29.6 Å². The topological polar surface area (TPSA) is 116 Å². The number of nitrogens with zero attached hydrogens (tertiary/aromatic N) is 1. The highest BCUT2D eigenvalue weighted by Crippen LogP contribution is 2.69. The van der Waals surface area contributed by atoms with Gasteiger partial charge < -0.3 is 20.1 Å². The van der Waals surface area contributed by atoms with Crippen molar-refractivity contribution in [2.45, 2.75) is 63.9 Å². The Hall–Kier alpha value is -1.83. The molecule has 0 amide bonds. The Morgan fingerprint density at radius 1 is 1.30 bits per heavy atom. The molecule has 5 rings (SSSR count). The Kier molecular flexibility index (Phi) is 4.09. The molecule has 3 N–H and O–H groups in total. The van der Waals surface area contributed by atoms with Crippen molar-refractivity contribution in [3.05, 3.63) is 23.8 Å². The lowest BCUT2D eigenvalue weighted by Gasteiger charge is -2.60. The average molecular weight is 415 g/mol. The summed E-state index contributed by atoms with van der Waals surface area (Å²) >= 11 is 0. The molecule has 7 heteroatoms. The van der Waals surface area contributed by atoms with Gasteiger partial charge in [-0.2, -0.15) is 0 Å². The SMILES string of the molecule is CC1=N[C@]2(C(=O)CO)[C@@H](C[C@H]3[C@H]4[C@H]([C@@H](O)C[C@@]32C)[C@@]2(C)C=CC(=O)C=C2C[C@@H]4O)O1. The number of aliphatic hydroxyl groups is 3. The van der Waals surface area contributed by atoms with Gasteiger partial charge in [0.25, 0.3) is 0 Å². The van der Waals surface area contributed by atoms with Crippen molar-refractivity contribution in [3.8, 4) is 0 Å². The Morgan fingerprint density at radius 2 is 2.03 bits per heavy atom. The zero-order valence-corrected chi connectivity index (χ0v) is 17.5. The van der Waals surface area contributed by atoms with Crippen LogP contribution in [0.5, 0.6) is 0 Å².